The number of phenolic OH excluding ortho intramolecular Hbond substituents is 1. The van der Waals surface area contributed by atoms with E-state index in [0.29, 0.717) is 18.5 Å². The van der Waals surface area contributed by atoms with Crippen LogP contribution in [0.5, 0.6) is 5.75 Å². The van der Waals surface area contributed by atoms with Crippen molar-refractivity contribution >= 4 is 11.6 Å². The summed E-state index contributed by atoms with van der Waals surface area (Å²) in [5.41, 5.74) is 6.62. The molecule has 1 rings (SSSR count). The van der Waals surface area contributed by atoms with Gasteiger partial charge in [0.2, 0.25) is 5.91 Å². The molecule has 0 fully saturated rings. The SMILES string of the molecule is CCc1ccc(O)c(NC(=O)C(N)(CC)CC)c1. The van der Waals surface area contributed by atoms with E-state index in [-0.39, 0.29) is 11.7 Å². The fourth-order valence-electron chi connectivity index (χ4n) is 1.72. The lowest BCUT2D eigenvalue weighted by Crippen LogP contribution is -2.50. The first-order valence-corrected chi connectivity index (χ1v) is 6.39. The highest BCUT2D eigenvalue weighted by Crippen LogP contribution is 2.26. The summed E-state index contributed by atoms with van der Waals surface area (Å²) in [5, 5.41) is 12.4. The Morgan fingerprint density at radius 1 is 1.33 bits per heavy atom. The average Bonchev–Trinajstić information content (AvgIpc) is 2.40. The van der Waals surface area contributed by atoms with E-state index in [9.17, 15) is 9.90 Å². The lowest BCUT2D eigenvalue weighted by atomic mass is 9.93. The van der Waals surface area contributed by atoms with E-state index in [1.54, 1.807) is 12.1 Å². The van der Waals surface area contributed by atoms with Gasteiger partial charge in [-0.15, -0.1) is 0 Å². The van der Waals surface area contributed by atoms with Gasteiger partial charge in [0.15, 0.2) is 0 Å². The van der Waals surface area contributed by atoms with Gasteiger partial charge in [-0.1, -0.05) is 26.8 Å². The lowest BCUT2D eigenvalue weighted by molar-refractivity contribution is -0.121. The van der Waals surface area contributed by atoms with Crippen molar-refractivity contribution in [3.63, 3.8) is 0 Å². The van der Waals surface area contributed by atoms with Gasteiger partial charge in [0.1, 0.15) is 5.75 Å². The summed E-state index contributed by atoms with van der Waals surface area (Å²) < 4.78 is 0. The molecule has 0 saturated carbocycles. The first kappa shape index (κ1) is 14.5. The molecule has 0 spiro atoms. The number of benzene rings is 1. The maximum absolute atomic E-state index is 12.1. The van der Waals surface area contributed by atoms with Crippen molar-refractivity contribution in [2.24, 2.45) is 5.73 Å². The molecular weight excluding hydrogens is 228 g/mol. The van der Waals surface area contributed by atoms with E-state index in [1.807, 2.05) is 26.8 Å². The highest BCUT2D eigenvalue weighted by atomic mass is 16.3. The summed E-state index contributed by atoms with van der Waals surface area (Å²) in [6.45, 7) is 5.78. The summed E-state index contributed by atoms with van der Waals surface area (Å²) in [5.74, 6) is -0.189. The molecule has 0 radical (unpaired) electrons. The van der Waals surface area contributed by atoms with E-state index in [1.165, 1.54) is 0 Å². The highest BCUT2D eigenvalue weighted by Gasteiger charge is 2.30. The van der Waals surface area contributed by atoms with Crippen LogP contribution in [0.25, 0.3) is 0 Å². The maximum atomic E-state index is 12.1. The average molecular weight is 250 g/mol. The molecule has 4 nitrogen and oxygen atoms in total. The van der Waals surface area contributed by atoms with Crippen molar-refractivity contribution in [2.75, 3.05) is 5.32 Å². The lowest BCUT2D eigenvalue weighted by Gasteiger charge is -2.25. The minimum absolute atomic E-state index is 0.0649. The van der Waals surface area contributed by atoms with Crippen LogP contribution in [-0.4, -0.2) is 16.6 Å². The fraction of sp³-hybridized carbons (Fsp3) is 0.500. The number of anilines is 1. The Labute approximate surface area is 108 Å². The monoisotopic (exact) mass is 250 g/mol. The van der Waals surface area contributed by atoms with Gasteiger partial charge >= 0.3 is 0 Å². The van der Waals surface area contributed by atoms with E-state index in [4.69, 9.17) is 5.73 Å². The third-order valence-corrected chi connectivity index (χ3v) is 3.43. The topological polar surface area (TPSA) is 75.3 Å². The standard InChI is InChI=1S/C14H22N2O2/c1-4-10-7-8-12(17)11(9-10)16-13(18)14(15,5-2)6-3/h7-9,17H,4-6,15H2,1-3H3,(H,16,18). The van der Waals surface area contributed by atoms with Crippen LogP contribution in [-0.2, 0) is 11.2 Å². The zero-order valence-electron chi connectivity index (χ0n) is 11.3. The van der Waals surface area contributed by atoms with Gasteiger partial charge < -0.3 is 16.2 Å². The molecule has 100 valence electrons. The number of nitrogens with one attached hydrogen (secondary N) is 1. The Hall–Kier alpha value is -1.55. The second kappa shape index (κ2) is 5.87. The Balaban J connectivity index is 2.94. The van der Waals surface area contributed by atoms with Crippen LogP contribution in [0.2, 0.25) is 0 Å². The van der Waals surface area contributed by atoms with Gasteiger partial charge in [-0.3, -0.25) is 4.79 Å². The summed E-state index contributed by atoms with van der Waals surface area (Å²) >= 11 is 0. The van der Waals surface area contributed by atoms with Crippen LogP contribution in [0.15, 0.2) is 18.2 Å². The molecule has 0 aromatic heterocycles. The van der Waals surface area contributed by atoms with E-state index in [0.717, 1.165) is 12.0 Å². The van der Waals surface area contributed by atoms with Crippen LogP contribution in [0, 0.1) is 0 Å². The van der Waals surface area contributed by atoms with Gasteiger partial charge in [0, 0.05) is 0 Å². The molecule has 0 unspecified atom stereocenters. The number of hydrogen-bond donors (Lipinski definition) is 3. The number of rotatable bonds is 5. The molecule has 0 aliphatic heterocycles. The smallest absolute Gasteiger partial charge is 0.244 e. The van der Waals surface area contributed by atoms with E-state index < -0.39 is 5.54 Å². The van der Waals surface area contributed by atoms with Crippen molar-refractivity contribution in [3.05, 3.63) is 23.8 Å². The van der Waals surface area contributed by atoms with Crippen molar-refractivity contribution in [3.8, 4) is 5.75 Å². The van der Waals surface area contributed by atoms with Gasteiger partial charge in [-0.25, -0.2) is 0 Å². The second-order valence-electron chi connectivity index (χ2n) is 4.52. The quantitative estimate of drug-likeness (QED) is 0.702. The van der Waals surface area contributed by atoms with Gasteiger partial charge in [0.05, 0.1) is 11.2 Å². The Morgan fingerprint density at radius 3 is 2.44 bits per heavy atom. The van der Waals surface area contributed by atoms with Crippen molar-refractivity contribution in [2.45, 2.75) is 45.6 Å². The number of carbonyl (C=O) groups excluding carboxylic acids is 1. The van der Waals surface area contributed by atoms with Crippen LogP contribution < -0.4 is 11.1 Å². The van der Waals surface area contributed by atoms with Gasteiger partial charge in [-0.2, -0.15) is 0 Å². The Morgan fingerprint density at radius 2 is 1.94 bits per heavy atom. The predicted molar refractivity (Wildman–Crippen MR) is 73.6 cm³/mol. The number of nitrogens with two attached hydrogens (primary N) is 1. The number of aromatic hydroxyl groups is 1. The number of carbonyl (C=O) groups is 1. The van der Waals surface area contributed by atoms with Crippen molar-refractivity contribution in [1.29, 1.82) is 0 Å². The molecule has 0 saturated heterocycles. The zero-order chi connectivity index (χ0) is 13.8. The molecule has 0 heterocycles. The maximum Gasteiger partial charge on any atom is 0.244 e. The molecular formula is C14H22N2O2. The molecule has 1 aromatic rings. The summed E-state index contributed by atoms with van der Waals surface area (Å²) in [6.07, 6.45) is 1.96. The number of aryl methyl sites for hydroxylation is 1. The predicted octanol–water partition coefficient (Wildman–Crippen LogP) is 2.41. The Kier molecular flexibility index (Phi) is 4.73. The molecule has 1 aromatic carbocycles. The normalized spacial score (nSPS) is 11.3. The number of amides is 1. The Bertz CT molecular complexity index is 426. The summed E-state index contributed by atoms with van der Waals surface area (Å²) in [4.78, 5) is 12.1. The molecule has 0 atom stereocenters. The molecule has 4 heteroatoms. The van der Waals surface area contributed by atoms with E-state index >= 15 is 0 Å². The van der Waals surface area contributed by atoms with Crippen LogP contribution in [0.4, 0.5) is 5.69 Å². The largest absolute Gasteiger partial charge is 0.506 e. The molecule has 0 aliphatic rings. The highest BCUT2D eigenvalue weighted by molar-refractivity contribution is 5.98. The third kappa shape index (κ3) is 3.01. The van der Waals surface area contributed by atoms with E-state index in [2.05, 4.69) is 5.32 Å². The molecule has 1 amide bonds. The minimum atomic E-state index is -0.880. The van der Waals surface area contributed by atoms with Crippen molar-refractivity contribution < 1.29 is 9.90 Å². The van der Waals surface area contributed by atoms with Crippen LogP contribution in [0.3, 0.4) is 0 Å². The van der Waals surface area contributed by atoms with Gasteiger partial charge in [-0.05, 0) is 37.0 Å². The molecule has 4 N–H and O–H groups in total. The van der Waals surface area contributed by atoms with Crippen LogP contribution in [0.1, 0.15) is 39.2 Å². The fourth-order valence-corrected chi connectivity index (χ4v) is 1.72. The molecule has 18 heavy (non-hydrogen) atoms. The summed E-state index contributed by atoms with van der Waals surface area (Å²) in [7, 11) is 0. The third-order valence-electron chi connectivity index (χ3n) is 3.43. The summed E-state index contributed by atoms with van der Waals surface area (Å²) in [6, 6.07) is 5.20. The first-order valence-electron chi connectivity index (χ1n) is 6.39. The van der Waals surface area contributed by atoms with Gasteiger partial charge in [0.25, 0.3) is 0 Å². The first-order chi connectivity index (χ1) is 8.46. The second-order valence-corrected chi connectivity index (χ2v) is 4.52. The van der Waals surface area contributed by atoms with Crippen LogP contribution >= 0.6 is 0 Å². The zero-order valence-corrected chi connectivity index (χ0v) is 11.3. The van der Waals surface area contributed by atoms with Crippen molar-refractivity contribution in [1.82, 2.24) is 0 Å². The molecule has 0 aliphatic carbocycles. The number of hydrogen-bond acceptors (Lipinski definition) is 3. The minimum Gasteiger partial charge on any atom is -0.506 e. The number of phenols is 1. The molecule has 0 bridgehead atoms.